The highest BCUT2D eigenvalue weighted by Gasteiger charge is 2.20. The number of piperazine rings is 1. The zero-order chi connectivity index (χ0) is 26.8. The molecule has 0 N–H and O–H groups in total. The number of rotatable bonds is 8. The number of carbonyl (C=O) groups is 1. The zero-order valence-corrected chi connectivity index (χ0v) is 22.9. The van der Waals surface area contributed by atoms with Gasteiger partial charge in [-0.05, 0) is 49.2 Å². The van der Waals surface area contributed by atoms with Crippen molar-refractivity contribution >= 4 is 45.6 Å². The van der Waals surface area contributed by atoms with E-state index >= 15 is 0 Å². The molecule has 2 aromatic carbocycles. The van der Waals surface area contributed by atoms with E-state index < -0.39 is 0 Å². The maximum Gasteiger partial charge on any atom is 0.261 e. The lowest BCUT2D eigenvalue weighted by Crippen LogP contribution is -2.46. The number of fused-ring (bicyclic) bond motifs is 1. The highest BCUT2D eigenvalue weighted by Crippen LogP contribution is 2.24. The molecule has 8 nitrogen and oxygen atoms in total. The molecular weight excluding hydrogens is 525 g/mol. The number of ketones is 1. The number of carbonyl (C=O) groups excluding carboxylic acids is 1. The SMILES string of the molecule is Cc1nc(C)c(CN2CCN(c3ccc4ncn(CC(=O)CCc5ccc(Cl)c(Cl)c5)c(=O)c4c3)CC2)o1. The average molecular weight is 554 g/mol. The van der Waals surface area contributed by atoms with Crippen LogP contribution < -0.4 is 10.5 Å². The van der Waals surface area contributed by atoms with Crippen LogP contribution in [0, 0.1) is 13.8 Å². The maximum atomic E-state index is 13.2. The van der Waals surface area contributed by atoms with Gasteiger partial charge in [-0.1, -0.05) is 29.3 Å². The van der Waals surface area contributed by atoms with E-state index in [1.54, 1.807) is 12.1 Å². The molecule has 1 saturated heterocycles. The maximum absolute atomic E-state index is 13.2. The van der Waals surface area contributed by atoms with Crippen LogP contribution in [0.1, 0.15) is 29.3 Å². The van der Waals surface area contributed by atoms with E-state index in [1.807, 2.05) is 38.1 Å². The Morgan fingerprint density at radius 1 is 1.03 bits per heavy atom. The van der Waals surface area contributed by atoms with Crippen LogP contribution in [-0.2, 0) is 24.3 Å². The van der Waals surface area contributed by atoms with Crippen molar-refractivity contribution in [3.05, 3.63) is 86.0 Å². The number of nitrogens with zero attached hydrogens (tertiary/aromatic N) is 5. The summed E-state index contributed by atoms with van der Waals surface area (Å²) in [5.41, 5.74) is 3.25. The molecule has 0 unspecified atom stereocenters. The summed E-state index contributed by atoms with van der Waals surface area (Å²) in [5, 5.41) is 1.45. The summed E-state index contributed by atoms with van der Waals surface area (Å²) in [6.45, 7) is 7.98. The number of hydrogen-bond acceptors (Lipinski definition) is 7. The van der Waals surface area contributed by atoms with Gasteiger partial charge in [0.2, 0.25) is 0 Å². The van der Waals surface area contributed by atoms with Gasteiger partial charge in [0.15, 0.2) is 11.7 Å². The molecule has 0 saturated carbocycles. The Bertz CT molecular complexity index is 1540. The van der Waals surface area contributed by atoms with Crippen molar-refractivity contribution < 1.29 is 9.21 Å². The first kappa shape index (κ1) is 26.4. The first-order valence-electron chi connectivity index (χ1n) is 12.6. The summed E-state index contributed by atoms with van der Waals surface area (Å²) in [5.74, 6) is 1.56. The molecule has 0 aliphatic carbocycles. The predicted octanol–water partition coefficient (Wildman–Crippen LogP) is 4.83. The normalized spacial score (nSPS) is 14.4. The molecular formula is C28H29Cl2N5O3. The topological polar surface area (TPSA) is 84.5 Å². The lowest BCUT2D eigenvalue weighted by Gasteiger charge is -2.35. The van der Waals surface area contributed by atoms with E-state index in [-0.39, 0.29) is 17.9 Å². The zero-order valence-electron chi connectivity index (χ0n) is 21.4. The molecule has 0 amide bonds. The van der Waals surface area contributed by atoms with Crippen molar-refractivity contribution in [3.8, 4) is 0 Å². The first-order valence-corrected chi connectivity index (χ1v) is 13.4. The monoisotopic (exact) mass is 553 g/mol. The van der Waals surface area contributed by atoms with Crippen LogP contribution in [0.15, 0.2) is 51.9 Å². The van der Waals surface area contributed by atoms with E-state index in [2.05, 4.69) is 19.8 Å². The summed E-state index contributed by atoms with van der Waals surface area (Å²) in [6, 6.07) is 11.1. The molecule has 1 fully saturated rings. The quantitative estimate of drug-likeness (QED) is 0.309. The third-order valence-corrected chi connectivity index (χ3v) is 7.67. The molecule has 0 radical (unpaired) electrons. The molecule has 4 aromatic rings. The summed E-state index contributed by atoms with van der Waals surface area (Å²) >= 11 is 12.0. The van der Waals surface area contributed by atoms with Crippen LogP contribution in [0.5, 0.6) is 0 Å². The summed E-state index contributed by atoms with van der Waals surface area (Å²) in [4.78, 5) is 39.3. The van der Waals surface area contributed by atoms with Crippen molar-refractivity contribution in [1.29, 1.82) is 0 Å². The Balaban J connectivity index is 1.23. The van der Waals surface area contributed by atoms with E-state index in [0.717, 1.165) is 55.4 Å². The van der Waals surface area contributed by atoms with Gasteiger partial charge >= 0.3 is 0 Å². The second kappa shape index (κ2) is 11.3. The van der Waals surface area contributed by atoms with Gasteiger partial charge in [-0.25, -0.2) is 9.97 Å². The van der Waals surface area contributed by atoms with Gasteiger partial charge in [0.1, 0.15) is 5.76 Å². The van der Waals surface area contributed by atoms with E-state index in [0.29, 0.717) is 39.7 Å². The lowest BCUT2D eigenvalue weighted by atomic mass is 10.1. The number of Topliss-reactive ketones (excluding diaryl/α,β-unsaturated/α-hetero) is 1. The van der Waals surface area contributed by atoms with Gasteiger partial charge in [-0.15, -0.1) is 0 Å². The van der Waals surface area contributed by atoms with Crippen LogP contribution in [0.4, 0.5) is 5.69 Å². The van der Waals surface area contributed by atoms with E-state index in [4.69, 9.17) is 27.6 Å². The fraction of sp³-hybridized carbons (Fsp3) is 0.357. The van der Waals surface area contributed by atoms with Crippen molar-refractivity contribution in [2.75, 3.05) is 31.1 Å². The fourth-order valence-corrected chi connectivity index (χ4v) is 5.11. The number of anilines is 1. The molecule has 1 aliphatic heterocycles. The van der Waals surface area contributed by atoms with E-state index in [1.165, 1.54) is 10.9 Å². The summed E-state index contributed by atoms with van der Waals surface area (Å²) in [7, 11) is 0. The highest BCUT2D eigenvalue weighted by molar-refractivity contribution is 6.42. The van der Waals surface area contributed by atoms with Crippen molar-refractivity contribution in [2.45, 2.75) is 39.8 Å². The van der Waals surface area contributed by atoms with Crippen LogP contribution in [0.25, 0.3) is 10.9 Å². The molecule has 0 spiro atoms. The number of aryl methyl sites for hydroxylation is 3. The minimum Gasteiger partial charge on any atom is -0.444 e. The number of aromatic nitrogens is 3. The van der Waals surface area contributed by atoms with Crippen LogP contribution in [0.2, 0.25) is 10.0 Å². The molecule has 0 bridgehead atoms. The van der Waals surface area contributed by atoms with Crippen LogP contribution >= 0.6 is 23.2 Å². The number of benzene rings is 2. The van der Waals surface area contributed by atoms with Gasteiger partial charge in [-0.2, -0.15) is 0 Å². The third kappa shape index (κ3) is 5.93. The van der Waals surface area contributed by atoms with E-state index in [9.17, 15) is 9.59 Å². The Hall–Kier alpha value is -3.20. The second-order valence-electron chi connectivity index (χ2n) is 9.67. The number of hydrogen-bond donors (Lipinski definition) is 0. The lowest BCUT2D eigenvalue weighted by molar-refractivity contribution is -0.119. The molecule has 5 rings (SSSR count). The van der Waals surface area contributed by atoms with Crippen molar-refractivity contribution in [2.24, 2.45) is 0 Å². The van der Waals surface area contributed by atoms with Crippen LogP contribution in [-0.4, -0.2) is 51.4 Å². The first-order chi connectivity index (χ1) is 18.3. The Kier molecular flexibility index (Phi) is 7.83. The Labute approximate surface area is 230 Å². The minimum atomic E-state index is -0.213. The Morgan fingerprint density at radius 2 is 1.82 bits per heavy atom. The third-order valence-electron chi connectivity index (χ3n) is 6.94. The molecule has 2 aromatic heterocycles. The van der Waals surface area contributed by atoms with Crippen LogP contribution in [0.3, 0.4) is 0 Å². The minimum absolute atomic E-state index is 0.0213. The Morgan fingerprint density at radius 3 is 2.53 bits per heavy atom. The van der Waals surface area contributed by atoms with Gasteiger partial charge in [0, 0.05) is 45.2 Å². The molecule has 1 aliphatic rings. The van der Waals surface area contributed by atoms with Gasteiger partial charge in [0.05, 0.1) is 46.1 Å². The molecule has 0 atom stereocenters. The fourth-order valence-electron chi connectivity index (χ4n) is 4.79. The van der Waals surface area contributed by atoms with Crippen molar-refractivity contribution in [1.82, 2.24) is 19.4 Å². The summed E-state index contributed by atoms with van der Waals surface area (Å²) in [6.07, 6.45) is 2.27. The molecule has 3 heterocycles. The standard InChI is InChI=1S/C28H29Cl2N5O3/c1-18-27(38-19(2)32-18)16-33-9-11-34(12-10-33)21-5-8-26-23(14-21)28(37)35(17-31-26)15-22(36)6-3-20-4-7-24(29)25(30)13-20/h4-5,7-8,13-14,17H,3,6,9-12,15-16H2,1-2H3. The largest absolute Gasteiger partial charge is 0.444 e. The smallest absolute Gasteiger partial charge is 0.261 e. The molecule has 38 heavy (non-hydrogen) atoms. The van der Waals surface area contributed by atoms with Gasteiger partial charge < -0.3 is 9.32 Å². The summed E-state index contributed by atoms with van der Waals surface area (Å²) < 4.78 is 7.12. The number of oxazole rings is 1. The number of halogens is 2. The predicted molar refractivity (Wildman–Crippen MR) is 149 cm³/mol. The second-order valence-corrected chi connectivity index (χ2v) is 10.5. The average Bonchev–Trinajstić information content (AvgIpc) is 3.22. The van der Waals surface area contributed by atoms with Crippen molar-refractivity contribution in [3.63, 3.8) is 0 Å². The molecule has 198 valence electrons. The molecule has 10 heteroatoms. The van der Waals surface area contributed by atoms with Gasteiger partial charge in [-0.3, -0.25) is 19.1 Å². The van der Waals surface area contributed by atoms with Gasteiger partial charge in [0.25, 0.3) is 5.56 Å². The highest BCUT2D eigenvalue weighted by atomic mass is 35.5.